The van der Waals surface area contributed by atoms with Crippen LogP contribution in [-0.4, -0.2) is 49.2 Å². The number of hydrogen-bond acceptors (Lipinski definition) is 3. The standard InChI is InChI=1S/C11H18N2O2.ClH/c1-13(7-5-12-6-7)11(14)9-4-8-2-3-10(9)15-8;/h7-10,12H,2-6H2,1H3;1H. The molecule has 4 nitrogen and oxygen atoms in total. The van der Waals surface area contributed by atoms with Crippen LogP contribution in [0.4, 0.5) is 0 Å². The number of amides is 1. The van der Waals surface area contributed by atoms with Crippen molar-refractivity contribution < 1.29 is 9.53 Å². The molecule has 0 aromatic carbocycles. The maximum Gasteiger partial charge on any atom is 0.228 e. The molecule has 3 saturated heterocycles. The Hall–Kier alpha value is -0.320. The van der Waals surface area contributed by atoms with E-state index in [9.17, 15) is 4.79 Å². The van der Waals surface area contributed by atoms with Crippen molar-refractivity contribution in [1.82, 2.24) is 10.2 Å². The number of rotatable bonds is 2. The predicted octanol–water partition coefficient (Wildman–Crippen LogP) is 0.406. The number of ether oxygens (including phenoxy) is 1. The minimum Gasteiger partial charge on any atom is -0.374 e. The summed E-state index contributed by atoms with van der Waals surface area (Å²) in [6.07, 6.45) is 3.78. The summed E-state index contributed by atoms with van der Waals surface area (Å²) in [5.41, 5.74) is 0. The molecule has 0 saturated carbocycles. The molecule has 16 heavy (non-hydrogen) atoms. The normalized spacial score (nSPS) is 36.7. The van der Waals surface area contributed by atoms with Crippen LogP contribution >= 0.6 is 12.4 Å². The van der Waals surface area contributed by atoms with E-state index in [-0.39, 0.29) is 24.4 Å². The second-order valence-corrected chi connectivity index (χ2v) is 4.98. The Morgan fingerprint density at radius 3 is 2.56 bits per heavy atom. The first-order valence-corrected chi connectivity index (χ1v) is 5.88. The molecule has 1 N–H and O–H groups in total. The highest BCUT2D eigenvalue weighted by Crippen LogP contribution is 2.39. The van der Waals surface area contributed by atoms with Crippen molar-refractivity contribution in [2.24, 2.45) is 5.92 Å². The smallest absolute Gasteiger partial charge is 0.228 e. The number of likely N-dealkylation sites (N-methyl/N-ethyl adjacent to an activating group) is 1. The zero-order valence-electron chi connectivity index (χ0n) is 9.52. The summed E-state index contributed by atoms with van der Waals surface area (Å²) in [5.74, 6) is 0.447. The van der Waals surface area contributed by atoms with Crippen LogP contribution in [0.3, 0.4) is 0 Å². The van der Waals surface area contributed by atoms with Crippen LogP contribution < -0.4 is 5.32 Å². The Bertz CT molecular complexity index is 283. The van der Waals surface area contributed by atoms with Crippen molar-refractivity contribution in [3.8, 4) is 0 Å². The van der Waals surface area contributed by atoms with E-state index in [2.05, 4.69) is 5.32 Å². The minimum absolute atomic E-state index is 0. The second kappa shape index (κ2) is 4.51. The molecule has 0 aliphatic carbocycles. The van der Waals surface area contributed by atoms with E-state index in [4.69, 9.17) is 4.74 Å². The van der Waals surface area contributed by atoms with Gasteiger partial charge in [-0.25, -0.2) is 0 Å². The summed E-state index contributed by atoms with van der Waals surface area (Å²) < 4.78 is 5.72. The van der Waals surface area contributed by atoms with Crippen LogP contribution in [0.1, 0.15) is 19.3 Å². The fourth-order valence-electron chi connectivity index (χ4n) is 2.89. The van der Waals surface area contributed by atoms with E-state index in [1.165, 1.54) is 0 Å². The molecule has 3 fully saturated rings. The first-order chi connectivity index (χ1) is 7.25. The van der Waals surface area contributed by atoms with Crippen LogP contribution in [0.5, 0.6) is 0 Å². The van der Waals surface area contributed by atoms with Crippen molar-refractivity contribution in [2.45, 2.75) is 37.5 Å². The lowest BCUT2D eigenvalue weighted by molar-refractivity contribution is -0.138. The van der Waals surface area contributed by atoms with Crippen LogP contribution in [0.2, 0.25) is 0 Å². The van der Waals surface area contributed by atoms with Gasteiger partial charge in [0.1, 0.15) is 0 Å². The maximum absolute atomic E-state index is 12.2. The summed E-state index contributed by atoms with van der Waals surface area (Å²) in [6.45, 7) is 1.90. The van der Waals surface area contributed by atoms with Crippen LogP contribution in [0.15, 0.2) is 0 Å². The van der Waals surface area contributed by atoms with Crippen molar-refractivity contribution in [3.63, 3.8) is 0 Å². The van der Waals surface area contributed by atoms with Gasteiger partial charge in [-0.15, -0.1) is 12.4 Å². The van der Waals surface area contributed by atoms with Crippen molar-refractivity contribution in [2.75, 3.05) is 20.1 Å². The molecule has 0 aromatic heterocycles. The molecule has 0 radical (unpaired) electrons. The Labute approximate surface area is 102 Å². The monoisotopic (exact) mass is 246 g/mol. The highest BCUT2D eigenvalue weighted by Gasteiger charge is 2.46. The number of hydrogen-bond donors (Lipinski definition) is 1. The second-order valence-electron chi connectivity index (χ2n) is 4.98. The average molecular weight is 247 g/mol. The molecule has 0 aromatic rings. The number of fused-ring (bicyclic) bond motifs is 2. The number of carbonyl (C=O) groups is 1. The fraction of sp³-hybridized carbons (Fsp3) is 0.909. The summed E-state index contributed by atoms with van der Waals surface area (Å²) in [4.78, 5) is 14.1. The lowest BCUT2D eigenvalue weighted by Gasteiger charge is -2.37. The van der Waals surface area contributed by atoms with Gasteiger partial charge in [0.25, 0.3) is 0 Å². The molecular formula is C11H19ClN2O2. The minimum atomic E-state index is 0. The molecule has 3 aliphatic heterocycles. The molecule has 92 valence electrons. The summed E-state index contributed by atoms with van der Waals surface area (Å²) in [6, 6.07) is 0.414. The predicted molar refractivity (Wildman–Crippen MR) is 62.7 cm³/mol. The van der Waals surface area contributed by atoms with Gasteiger partial charge in [0.05, 0.1) is 24.2 Å². The van der Waals surface area contributed by atoms with Crippen molar-refractivity contribution >= 4 is 18.3 Å². The molecule has 0 spiro atoms. The van der Waals surface area contributed by atoms with Crippen molar-refractivity contribution in [3.05, 3.63) is 0 Å². The van der Waals surface area contributed by atoms with Crippen LogP contribution in [0.25, 0.3) is 0 Å². The van der Waals surface area contributed by atoms with E-state index in [0.717, 1.165) is 32.4 Å². The van der Waals surface area contributed by atoms with E-state index < -0.39 is 0 Å². The fourth-order valence-corrected chi connectivity index (χ4v) is 2.89. The van der Waals surface area contributed by atoms with Gasteiger partial charge in [-0.05, 0) is 19.3 Å². The lowest BCUT2D eigenvalue weighted by Crippen LogP contribution is -2.58. The number of nitrogens with one attached hydrogen (secondary N) is 1. The van der Waals surface area contributed by atoms with Crippen LogP contribution in [0, 0.1) is 5.92 Å². The Morgan fingerprint density at radius 2 is 2.12 bits per heavy atom. The first-order valence-electron chi connectivity index (χ1n) is 5.88. The molecule has 3 rings (SSSR count). The molecule has 1 amide bonds. The topological polar surface area (TPSA) is 41.6 Å². The van der Waals surface area contributed by atoms with Gasteiger partial charge < -0.3 is 15.0 Å². The Morgan fingerprint density at radius 1 is 1.38 bits per heavy atom. The zero-order chi connectivity index (χ0) is 10.4. The average Bonchev–Trinajstić information content (AvgIpc) is 2.74. The largest absolute Gasteiger partial charge is 0.374 e. The highest BCUT2D eigenvalue weighted by molar-refractivity contribution is 5.85. The molecule has 3 heterocycles. The van der Waals surface area contributed by atoms with E-state index in [1.54, 1.807) is 0 Å². The summed E-state index contributed by atoms with van der Waals surface area (Å²) >= 11 is 0. The summed E-state index contributed by atoms with van der Waals surface area (Å²) in [5, 5.41) is 3.20. The highest BCUT2D eigenvalue weighted by atomic mass is 35.5. The molecule has 2 bridgehead atoms. The Balaban J connectivity index is 0.000000963. The SMILES string of the molecule is CN(C(=O)C1CC2CCC1O2)C1CNC1.Cl. The van der Waals surface area contributed by atoms with Gasteiger partial charge in [-0.2, -0.15) is 0 Å². The van der Waals surface area contributed by atoms with Gasteiger partial charge in [0.2, 0.25) is 5.91 Å². The third kappa shape index (κ3) is 1.83. The van der Waals surface area contributed by atoms with Gasteiger partial charge >= 0.3 is 0 Å². The number of nitrogens with zero attached hydrogens (tertiary/aromatic N) is 1. The van der Waals surface area contributed by atoms with E-state index in [0.29, 0.717) is 18.1 Å². The van der Waals surface area contributed by atoms with Gasteiger partial charge in [-0.3, -0.25) is 4.79 Å². The Kier molecular flexibility index (Phi) is 3.42. The number of halogens is 1. The zero-order valence-corrected chi connectivity index (χ0v) is 10.3. The molecule has 3 aliphatic rings. The molecule has 3 atom stereocenters. The van der Waals surface area contributed by atoms with E-state index >= 15 is 0 Å². The van der Waals surface area contributed by atoms with Gasteiger partial charge in [0, 0.05) is 20.1 Å². The quantitative estimate of drug-likeness (QED) is 0.767. The van der Waals surface area contributed by atoms with E-state index in [1.807, 2.05) is 11.9 Å². The van der Waals surface area contributed by atoms with Crippen LogP contribution in [-0.2, 0) is 9.53 Å². The summed E-state index contributed by atoms with van der Waals surface area (Å²) in [7, 11) is 1.93. The lowest BCUT2D eigenvalue weighted by atomic mass is 9.88. The third-order valence-electron chi connectivity index (χ3n) is 4.08. The van der Waals surface area contributed by atoms with Gasteiger partial charge in [0.15, 0.2) is 0 Å². The molecular weight excluding hydrogens is 228 g/mol. The molecule has 5 heteroatoms. The molecule has 3 unspecified atom stereocenters. The number of carbonyl (C=O) groups excluding carboxylic acids is 1. The maximum atomic E-state index is 12.2. The first kappa shape index (κ1) is 12.1. The third-order valence-corrected chi connectivity index (χ3v) is 4.08. The van der Waals surface area contributed by atoms with Crippen molar-refractivity contribution in [1.29, 1.82) is 0 Å². The van der Waals surface area contributed by atoms with Gasteiger partial charge in [-0.1, -0.05) is 0 Å².